The first-order chi connectivity index (χ1) is 8.49. The van der Waals surface area contributed by atoms with Gasteiger partial charge in [-0.1, -0.05) is 13.8 Å². The van der Waals surface area contributed by atoms with E-state index >= 15 is 0 Å². The highest BCUT2D eigenvalue weighted by Gasteiger charge is 2.08. The monoisotopic (exact) mass is 263 g/mol. The van der Waals surface area contributed by atoms with Crippen LogP contribution in [0.15, 0.2) is 0 Å². The van der Waals surface area contributed by atoms with Crippen molar-refractivity contribution in [1.82, 2.24) is 10.2 Å². The van der Waals surface area contributed by atoms with Crippen LogP contribution >= 0.6 is 0 Å². The lowest BCUT2D eigenvalue weighted by Gasteiger charge is -2.25. The van der Waals surface area contributed by atoms with Crippen molar-refractivity contribution < 1.29 is 9.84 Å². The summed E-state index contributed by atoms with van der Waals surface area (Å²) in [6.07, 6.45) is 0. The van der Waals surface area contributed by atoms with Crippen molar-refractivity contribution in [3.63, 3.8) is 0 Å². The molecule has 1 aliphatic heterocycles. The van der Waals surface area contributed by atoms with Crippen LogP contribution in [0.1, 0.15) is 27.7 Å². The van der Waals surface area contributed by atoms with E-state index in [2.05, 4.69) is 10.2 Å². The molecule has 0 amide bonds. The molecule has 0 aliphatic carbocycles. The number of hydrogen-bond donors (Lipinski definition) is 3. The van der Waals surface area contributed by atoms with Gasteiger partial charge < -0.3 is 20.9 Å². The average Bonchev–Trinajstić information content (AvgIpc) is 2.33. The van der Waals surface area contributed by atoms with Gasteiger partial charge in [0.25, 0.3) is 0 Å². The molecule has 0 atom stereocenters. The lowest BCUT2D eigenvalue weighted by molar-refractivity contribution is 0.0394. The molecule has 0 aromatic heterocycles. The van der Waals surface area contributed by atoms with Crippen molar-refractivity contribution in [3.8, 4) is 0 Å². The predicted molar refractivity (Wildman–Crippen MR) is 77.9 cm³/mol. The molecule has 0 spiro atoms. The van der Waals surface area contributed by atoms with Crippen molar-refractivity contribution in [2.24, 2.45) is 5.73 Å². The van der Waals surface area contributed by atoms with E-state index in [-0.39, 0.29) is 0 Å². The van der Waals surface area contributed by atoms with Crippen LogP contribution in [0.4, 0.5) is 0 Å². The number of hydrogen-bond acceptors (Lipinski definition) is 5. The van der Waals surface area contributed by atoms with Gasteiger partial charge >= 0.3 is 0 Å². The van der Waals surface area contributed by atoms with Gasteiger partial charge in [-0.15, -0.1) is 0 Å². The minimum atomic E-state index is -0.561. The summed E-state index contributed by atoms with van der Waals surface area (Å²) in [6, 6.07) is 0. The topological polar surface area (TPSA) is 70.8 Å². The Kier molecular flexibility index (Phi) is 14.8. The number of aliphatic hydroxyl groups is 1. The molecule has 0 radical (unpaired) electrons. The highest BCUT2D eigenvalue weighted by Crippen LogP contribution is 1.95. The lowest BCUT2D eigenvalue weighted by Crippen LogP contribution is -2.39. The molecular weight excluding hydrogens is 230 g/mol. The standard InChI is InChI=1S/C6H14N2O.C5H13NO.C2H6/c7-1-2-8-3-5-9-6-4-8;1-5(2,7)4-6-3;1-2/h1-7H2;6-7H,4H2,1-3H3;1-2H3. The first kappa shape index (κ1) is 20.1. The second-order valence-electron chi connectivity index (χ2n) is 4.59. The van der Waals surface area contributed by atoms with E-state index in [1.165, 1.54) is 0 Å². The first-order valence-corrected chi connectivity index (χ1v) is 6.86. The van der Waals surface area contributed by atoms with Crippen molar-refractivity contribution in [2.75, 3.05) is 53.0 Å². The van der Waals surface area contributed by atoms with E-state index in [0.717, 1.165) is 39.4 Å². The van der Waals surface area contributed by atoms with Crippen molar-refractivity contribution in [2.45, 2.75) is 33.3 Å². The Bertz CT molecular complexity index is 152. The van der Waals surface area contributed by atoms with E-state index < -0.39 is 5.60 Å². The Morgan fingerprint density at radius 1 is 1.28 bits per heavy atom. The Morgan fingerprint density at radius 2 is 1.78 bits per heavy atom. The Hall–Kier alpha value is -0.200. The molecule has 0 aromatic rings. The van der Waals surface area contributed by atoms with E-state index in [4.69, 9.17) is 15.6 Å². The van der Waals surface area contributed by atoms with Crippen LogP contribution < -0.4 is 11.1 Å². The van der Waals surface area contributed by atoms with Gasteiger partial charge in [0.15, 0.2) is 0 Å². The minimum Gasteiger partial charge on any atom is -0.389 e. The molecule has 0 unspecified atom stereocenters. The summed E-state index contributed by atoms with van der Waals surface area (Å²) in [5.41, 5.74) is 4.82. The molecule has 1 rings (SSSR count). The van der Waals surface area contributed by atoms with E-state index in [1.54, 1.807) is 13.8 Å². The summed E-state index contributed by atoms with van der Waals surface area (Å²) in [5.74, 6) is 0. The largest absolute Gasteiger partial charge is 0.389 e. The van der Waals surface area contributed by atoms with Gasteiger partial charge in [0.2, 0.25) is 0 Å². The van der Waals surface area contributed by atoms with Gasteiger partial charge in [-0.3, -0.25) is 4.90 Å². The van der Waals surface area contributed by atoms with Gasteiger partial charge in [-0.2, -0.15) is 0 Å². The third-order valence-corrected chi connectivity index (χ3v) is 2.16. The highest BCUT2D eigenvalue weighted by molar-refractivity contribution is 4.65. The van der Waals surface area contributed by atoms with Crippen molar-refractivity contribution in [3.05, 3.63) is 0 Å². The molecule has 18 heavy (non-hydrogen) atoms. The van der Waals surface area contributed by atoms with Gasteiger partial charge in [0, 0.05) is 32.7 Å². The molecule has 1 heterocycles. The number of rotatable bonds is 4. The fraction of sp³-hybridized carbons (Fsp3) is 1.00. The molecule has 4 N–H and O–H groups in total. The number of morpholine rings is 1. The maximum absolute atomic E-state index is 8.96. The number of nitrogens with two attached hydrogens (primary N) is 1. The van der Waals surface area contributed by atoms with Crippen LogP contribution in [0.25, 0.3) is 0 Å². The second kappa shape index (κ2) is 13.2. The number of nitrogens with zero attached hydrogens (tertiary/aromatic N) is 1. The van der Waals surface area contributed by atoms with Gasteiger partial charge in [0.05, 0.1) is 18.8 Å². The van der Waals surface area contributed by atoms with E-state index in [0.29, 0.717) is 6.54 Å². The third-order valence-electron chi connectivity index (χ3n) is 2.16. The van der Waals surface area contributed by atoms with Crippen LogP contribution in [0.3, 0.4) is 0 Å². The lowest BCUT2D eigenvalue weighted by atomic mass is 10.1. The number of nitrogens with one attached hydrogen (secondary N) is 1. The Labute approximate surface area is 113 Å². The highest BCUT2D eigenvalue weighted by atomic mass is 16.5. The minimum absolute atomic E-state index is 0.561. The molecule has 112 valence electrons. The molecule has 1 fully saturated rings. The van der Waals surface area contributed by atoms with Crippen LogP contribution in [0.5, 0.6) is 0 Å². The average molecular weight is 263 g/mol. The molecule has 1 aliphatic rings. The second-order valence-corrected chi connectivity index (χ2v) is 4.59. The summed E-state index contributed by atoms with van der Waals surface area (Å²) in [7, 11) is 1.82. The van der Waals surface area contributed by atoms with Crippen LogP contribution in [0.2, 0.25) is 0 Å². The van der Waals surface area contributed by atoms with Gasteiger partial charge in [-0.05, 0) is 20.9 Å². The molecular formula is C13H33N3O2. The summed E-state index contributed by atoms with van der Waals surface area (Å²) < 4.78 is 5.16. The van der Waals surface area contributed by atoms with Crippen LogP contribution in [0, 0.1) is 0 Å². The zero-order valence-corrected chi connectivity index (χ0v) is 12.8. The van der Waals surface area contributed by atoms with E-state index in [9.17, 15) is 0 Å². The van der Waals surface area contributed by atoms with Crippen LogP contribution in [-0.4, -0.2) is 68.6 Å². The number of likely N-dealkylation sites (N-methyl/N-ethyl adjacent to an activating group) is 1. The first-order valence-electron chi connectivity index (χ1n) is 6.86. The molecule has 1 saturated heterocycles. The predicted octanol–water partition coefficient (Wildman–Crippen LogP) is 0.280. The molecule has 5 heteroatoms. The third kappa shape index (κ3) is 15.8. The smallest absolute Gasteiger partial charge is 0.0715 e. The van der Waals surface area contributed by atoms with Crippen molar-refractivity contribution >= 4 is 0 Å². The SMILES string of the molecule is CC.CNCC(C)(C)O.NCCN1CCOCC1. The summed E-state index contributed by atoms with van der Waals surface area (Å²) in [4.78, 5) is 2.32. The fourth-order valence-corrected chi connectivity index (χ4v) is 1.44. The van der Waals surface area contributed by atoms with Crippen molar-refractivity contribution in [1.29, 1.82) is 0 Å². The molecule has 5 nitrogen and oxygen atoms in total. The quantitative estimate of drug-likeness (QED) is 0.680. The summed E-state index contributed by atoms with van der Waals surface area (Å²) in [6.45, 7) is 13.8. The molecule has 0 aromatic carbocycles. The fourth-order valence-electron chi connectivity index (χ4n) is 1.44. The van der Waals surface area contributed by atoms with Crippen LogP contribution in [-0.2, 0) is 4.74 Å². The Morgan fingerprint density at radius 3 is 2.06 bits per heavy atom. The summed E-state index contributed by atoms with van der Waals surface area (Å²) >= 11 is 0. The van der Waals surface area contributed by atoms with Gasteiger partial charge in [0.1, 0.15) is 0 Å². The maximum atomic E-state index is 8.96. The number of ether oxygens (including phenoxy) is 1. The normalized spacial score (nSPS) is 16.2. The zero-order valence-electron chi connectivity index (χ0n) is 12.8. The maximum Gasteiger partial charge on any atom is 0.0715 e. The molecule has 0 bridgehead atoms. The summed E-state index contributed by atoms with van der Waals surface area (Å²) in [5, 5.41) is 11.8. The van der Waals surface area contributed by atoms with E-state index in [1.807, 2.05) is 20.9 Å². The Balaban J connectivity index is 0. The molecule has 0 saturated carbocycles. The zero-order chi connectivity index (χ0) is 14.4. The van der Waals surface area contributed by atoms with Gasteiger partial charge in [-0.25, -0.2) is 0 Å².